The first kappa shape index (κ1) is 15.4. The lowest BCUT2D eigenvalue weighted by Crippen LogP contribution is -2.30. The molecule has 1 aromatic rings. The molecule has 7 heteroatoms. The van der Waals surface area contributed by atoms with E-state index in [1.165, 1.54) is 13.0 Å². The Morgan fingerprint density at radius 2 is 2.25 bits per heavy atom. The normalized spacial score (nSPS) is 19.4. The second-order valence-electron chi connectivity index (χ2n) is 4.94. The maximum atomic E-state index is 13.7. The summed E-state index contributed by atoms with van der Waals surface area (Å²) in [6, 6.07) is 2.44. The van der Waals surface area contributed by atoms with Gasteiger partial charge < -0.3 is 9.84 Å². The Morgan fingerprint density at radius 3 is 2.85 bits per heavy atom. The number of ether oxygens (including phenoxy) is 1. The fourth-order valence-electron chi connectivity index (χ4n) is 2.13. The molecule has 112 valence electrons. The van der Waals surface area contributed by atoms with Crippen molar-refractivity contribution in [1.29, 1.82) is 0 Å². The van der Waals surface area contributed by atoms with Gasteiger partial charge >= 0.3 is 0 Å². The van der Waals surface area contributed by atoms with Crippen molar-refractivity contribution in [3.8, 4) is 0 Å². The molecule has 1 aliphatic rings. The van der Waals surface area contributed by atoms with Gasteiger partial charge in [0.1, 0.15) is 5.82 Å². The van der Waals surface area contributed by atoms with Crippen molar-refractivity contribution in [1.82, 2.24) is 4.72 Å². The van der Waals surface area contributed by atoms with Crippen LogP contribution >= 0.6 is 0 Å². The second kappa shape index (κ2) is 6.17. The number of nitrogens with one attached hydrogen (secondary N) is 1. The average molecular weight is 303 g/mol. The van der Waals surface area contributed by atoms with Gasteiger partial charge in [-0.2, -0.15) is 0 Å². The molecule has 0 amide bonds. The van der Waals surface area contributed by atoms with Gasteiger partial charge in [0.25, 0.3) is 0 Å². The second-order valence-corrected chi connectivity index (χ2v) is 6.68. The molecule has 5 nitrogen and oxygen atoms in total. The van der Waals surface area contributed by atoms with Gasteiger partial charge in [-0.25, -0.2) is 17.5 Å². The minimum Gasteiger partial charge on any atom is -0.392 e. The Balaban J connectivity index is 2.21. The largest absolute Gasteiger partial charge is 0.392 e. The van der Waals surface area contributed by atoms with Crippen molar-refractivity contribution in [3.63, 3.8) is 0 Å². The number of rotatable bonds is 5. The van der Waals surface area contributed by atoms with Crippen LogP contribution in [0.5, 0.6) is 0 Å². The van der Waals surface area contributed by atoms with Gasteiger partial charge in [-0.15, -0.1) is 0 Å². The SMILES string of the molecule is Cc1c(F)cc(CO)cc1S(=O)(=O)NCC1CCOC1. The third-order valence-electron chi connectivity index (χ3n) is 3.41. The Hall–Kier alpha value is -1.02. The highest BCUT2D eigenvalue weighted by Crippen LogP contribution is 2.21. The molecule has 0 aromatic heterocycles. The fourth-order valence-corrected chi connectivity index (χ4v) is 3.54. The van der Waals surface area contributed by atoms with E-state index in [1.54, 1.807) is 0 Å². The monoisotopic (exact) mass is 303 g/mol. The number of hydrogen-bond acceptors (Lipinski definition) is 4. The molecule has 0 spiro atoms. The van der Waals surface area contributed by atoms with Gasteiger partial charge in [-0.3, -0.25) is 0 Å². The quantitative estimate of drug-likeness (QED) is 0.849. The third kappa shape index (κ3) is 3.35. The molecular weight excluding hydrogens is 285 g/mol. The van der Waals surface area contributed by atoms with Crippen LogP contribution in [0.25, 0.3) is 0 Å². The predicted molar refractivity (Wildman–Crippen MR) is 71.2 cm³/mol. The van der Waals surface area contributed by atoms with Gasteiger partial charge in [0.2, 0.25) is 10.0 Å². The van der Waals surface area contributed by atoms with Crippen molar-refractivity contribution in [3.05, 3.63) is 29.1 Å². The number of halogens is 1. The minimum absolute atomic E-state index is 0.0531. The first-order valence-electron chi connectivity index (χ1n) is 6.41. The molecule has 1 fully saturated rings. The molecule has 0 saturated carbocycles. The van der Waals surface area contributed by atoms with E-state index >= 15 is 0 Å². The highest BCUT2D eigenvalue weighted by Gasteiger charge is 2.23. The van der Waals surface area contributed by atoms with Crippen LogP contribution in [0.15, 0.2) is 17.0 Å². The van der Waals surface area contributed by atoms with Crippen molar-refractivity contribution in [2.45, 2.75) is 24.8 Å². The van der Waals surface area contributed by atoms with Crippen molar-refractivity contribution in [2.75, 3.05) is 19.8 Å². The van der Waals surface area contributed by atoms with Crippen molar-refractivity contribution in [2.24, 2.45) is 5.92 Å². The molecule has 1 unspecified atom stereocenters. The van der Waals surface area contributed by atoms with E-state index in [1.807, 2.05) is 0 Å². The Bertz CT molecular complexity index is 582. The molecule has 1 atom stereocenters. The van der Waals surface area contributed by atoms with Gasteiger partial charge in [0, 0.05) is 18.7 Å². The summed E-state index contributed by atoms with van der Waals surface area (Å²) < 4.78 is 45.8. The summed E-state index contributed by atoms with van der Waals surface area (Å²) in [6.45, 7) is 2.44. The molecule has 1 aromatic carbocycles. The lowest BCUT2D eigenvalue weighted by atomic mass is 10.1. The number of benzene rings is 1. The van der Waals surface area contributed by atoms with E-state index in [-0.39, 0.29) is 28.5 Å². The van der Waals surface area contributed by atoms with Gasteiger partial charge in [0.05, 0.1) is 18.1 Å². The molecule has 2 rings (SSSR count). The van der Waals surface area contributed by atoms with Crippen LogP contribution in [-0.2, 0) is 21.4 Å². The van der Waals surface area contributed by atoms with Crippen LogP contribution in [0.4, 0.5) is 4.39 Å². The molecule has 1 heterocycles. The highest BCUT2D eigenvalue weighted by molar-refractivity contribution is 7.89. The van der Waals surface area contributed by atoms with Gasteiger partial charge in [-0.05, 0) is 37.0 Å². The third-order valence-corrected chi connectivity index (χ3v) is 4.96. The number of sulfonamides is 1. The summed E-state index contributed by atoms with van der Waals surface area (Å²) in [5.74, 6) is -0.489. The first-order valence-corrected chi connectivity index (χ1v) is 7.89. The van der Waals surface area contributed by atoms with Crippen LogP contribution in [0, 0.1) is 18.7 Å². The van der Waals surface area contributed by atoms with E-state index in [2.05, 4.69) is 4.72 Å². The van der Waals surface area contributed by atoms with Crippen LogP contribution in [0.3, 0.4) is 0 Å². The summed E-state index contributed by atoms with van der Waals surface area (Å²) in [5, 5.41) is 9.05. The lowest BCUT2D eigenvalue weighted by molar-refractivity contribution is 0.186. The molecule has 1 saturated heterocycles. The summed E-state index contributed by atoms with van der Waals surface area (Å²) in [5.41, 5.74) is 0.287. The van der Waals surface area contributed by atoms with Crippen molar-refractivity contribution >= 4 is 10.0 Å². The zero-order chi connectivity index (χ0) is 14.8. The van der Waals surface area contributed by atoms with Crippen LogP contribution in [0.2, 0.25) is 0 Å². The average Bonchev–Trinajstić information content (AvgIpc) is 2.92. The van der Waals surface area contributed by atoms with E-state index in [0.29, 0.717) is 13.2 Å². The molecule has 0 aliphatic carbocycles. The number of hydrogen-bond donors (Lipinski definition) is 2. The van der Waals surface area contributed by atoms with E-state index < -0.39 is 22.4 Å². The summed E-state index contributed by atoms with van der Waals surface area (Å²) in [4.78, 5) is -0.125. The standard InChI is InChI=1S/C13H18FNO4S/c1-9-12(14)4-11(7-16)5-13(9)20(17,18)15-6-10-2-3-19-8-10/h4-5,10,15-16H,2-3,6-8H2,1H3. The fraction of sp³-hybridized carbons (Fsp3) is 0.538. The predicted octanol–water partition coefficient (Wildman–Crippen LogP) is 0.941. The van der Waals surface area contributed by atoms with E-state index in [0.717, 1.165) is 12.5 Å². The maximum Gasteiger partial charge on any atom is 0.240 e. The molecular formula is C13H18FNO4S. The molecule has 20 heavy (non-hydrogen) atoms. The van der Waals surface area contributed by atoms with E-state index in [9.17, 15) is 12.8 Å². The molecule has 2 N–H and O–H groups in total. The molecule has 1 aliphatic heterocycles. The zero-order valence-electron chi connectivity index (χ0n) is 11.2. The Labute approximate surface area is 117 Å². The molecule has 0 bridgehead atoms. The highest BCUT2D eigenvalue weighted by atomic mass is 32.2. The van der Waals surface area contributed by atoms with Gasteiger partial charge in [0.15, 0.2) is 0 Å². The summed E-state index contributed by atoms with van der Waals surface area (Å²) in [7, 11) is -3.79. The number of aliphatic hydroxyl groups is 1. The summed E-state index contributed by atoms with van der Waals surface area (Å²) in [6.07, 6.45) is 0.812. The van der Waals surface area contributed by atoms with Crippen LogP contribution < -0.4 is 4.72 Å². The van der Waals surface area contributed by atoms with Crippen LogP contribution in [-0.4, -0.2) is 33.3 Å². The Morgan fingerprint density at radius 1 is 1.50 bits per heavy atom. The Kier molecular flexibility index (Phi) is 4.74. The zero-order valence-corrected chi connectivity index (χ0v) is 12.0. The van der Waals surface area contributed by atoms with Gasteiger partial charge in [-0.1, -0.05) is 0 Å². The minimum atomic E-state index is -3.79. The van der Waals surface area contributed by atoms with Crippen molar-refractivity contribution < 1.29 is 22.7 Å². The lowest BCUT2D eigenvalue weighted by Gasteiger charge is -2.13. The molecule has 0 radical (unpaired) electrons. The smallest absolute Gasteiger partial charge is 0.240 e. The van der Waals surface area contributed by atoms with Crippen LogP contribution in [0.1, 0.15) is 17.5 Å². The topological polar surface area (TPSA) is 75.6 Å². The maximum absolute atomic E-state index is 13.7. The number of aliphatic hydroxyl groups excluding tert-OH is 1. The summed E-state index contributed by atoms with van der Waals surface area (Å²) >= 11 is 0. The van der Waals surface area contributed by atoms with E-state index in [4.69, 9.17) is 9.84 Å². The first-order chi connectivity index (χ1) is 9.44.